The standard InChI is InChI=1S/C16H19BrN2O2/c17-11-7-10-12(18-16(21)15(10)20)8-14(11)19-6-5-9-3-1-2-4-13(9)19/h7-9,13,15,20H,1-6H2,(H,18,21). The molecule has 1 saturated heterocycles. The Morgan fingerprint density at radius 1 is 1.24 bits per heavy atom. The number of carbonyl (C=O) groups excluding carboxylic acids is 1. The van der Waals surface area contributed by atoms with Crippen LogP contribution in [0.4, 0.5) is 11.4 Å². The zero-order valence-electron chi connectivity index (χ0n) is 11.8. The van der Waals surface area contributed by atoms with Crippen LogP contribution in [0, 0.1) is 5.92 Å². The van der Waals surface area contributed by atoms with Crippen LogP contribution in [0.5, 0.6) is 0 Å². The van der Waals surface area contributed by atoms with Gasteiger partial charge >= 0.3 is 0 Å². The van der Waals surface area contributed by atoms with Gasteiger partial charge in [0.05, 0.1) is 5.69 Å². The van der Waals surface area contributed by atoms with Crippen LogP contribution in [0.25, 0.3) is 0 Å². The van der Waals surface area contributed by atoms with Crippen molar-refractivity contribution in [3.8, 4) is 0 Å². The van der Waals surface area contributed by atoms with E-state index in [1.165, 1.54) is 32.1 Å². The largest absolute Gasteiger partial charge is 0.378 e. The van der Waals surface area contributed by atoms with Gasteiger partial charge in [0.1, 0.15) is 0 Å². The number of fused-ring (bicyclic) bond motifs is 2. The molecule has 0 aromatic heterocycles. The summed E-state index contributed by atoms with van der Waals surface area (Å²) in [6.45, 7) is 1.09. The molecule has 2 fully saturated rings. The summed E-state index contributed by atoms with van der Waals surface area (Å²) in [5.41, 5.74) is 2.58. The summed E-state index contributed by atoms with van der Waals surface area (Å²) in [7, 11) is 0. The lowest BCUT2D eigenvalue weighted by Gasteiger charge is -2.34. The second-order valence-electron chi connectivity index (χ2n) is 6.38. The van der Waals surface area contributed by atoms with Crippen molar-refractivity contribution in [3.63, 3.8) is 0 Å². The fourth-order valence-corrected chi connectivity index (χ4v) is 4.77. The molecule has 5 heteroatoms. The molecule has 1 aliphatic carbocycles. The predicted octanol–water partition coefficient (Wildman–Crippen LogP) is 3.20. The molecule has 1 saturated carbocycles. The lowest BCUT2D eigenvalue weighted by molar-refractivity contribution is -0.123. The SMILES string of the molecule is O=C1Nc2cc(N3CCC4CCCCC43)c(Br)cc2C1O. The number of amides is 1. The lowest BCUT2D eigenvalue weighted by Crippen LogP contribution is -2.34. The molecule has 112 valence electrons. The molecule has 21 heavy (non-hydrogen) atoms. The van der Waals surface area contributed by atoms with Gasteiger partial charge in [0.15, 0.2) is 6.10 Å². The van der Waals surface area contributed by atoms with Crippen LogP contribution in [0.2, 0.25) is 0 Å². The number of rotatable bonds is 1. The number of aliphatic hydroxyl groups excluding tert-OH is 1. The van der Waals surface area contributed by atoms with Gasteiger partial charge in [-0.3, -0.25) is 4.79 Å². The summed E-state index contributed by atoms with van der Waals surface area (Å²) in [5, 5.41) is 12.6. The summed E-state index contributed by atoms with van der Waals surface area (Å²) in [6, 6.07) is 4.55. The van der Waals surface area contributed by atoms with Crippen molar-refractivity contribution in [3.05, 3.63) is 22.2 Å². The van der Waals surface area contributed by atoms with Crippen molar-refractivity contribution >= 4 is 33.2 Å². The summed E-state index contributed by atoms with van der Waals surface area (Å²) < 4.78 is 0.975. The average molecular weight is 351 g/mol. The van der Waals surface area contributed by atoms with E-state index in [1.54, 1.807) is 0 Å². The molecule has 2 N–H and O–H groups in total. The summed E-state index contributed by atoms with van der Waals surface area (Å²) in [6.07, 6.45) is 5.52. The summed E-state index contributed by atoms with van der Waals surface area (Å²) >= 11 is 3.63. The van der Waals surface area contributed by atoms with Gasteiger partial charge in [-0.05, 0) is 53.2 Å². The minimum Gasteiger partial charge on any atom is -0.378 e. The van der Waals surface area contributed by atoms with Crippen LogP contribution in [-0.2, 0) is 4.79 Å². The van der Waals surface area contributed by atoms with E-state index in [2.05, 4.69) is 26.1 Å². The number of anilines is 2. The van der Waals surface area contributed by atoms with E-state index in [1.807, 2.05) is 12.1 Å². The Bertz CT molecular complexity index is 604. The van der Waals surface area contributed by atoms with Crippen molar-refractivity contribution in [2.24, 2.45) is 5.92 Å². The van der Waals surface area contributed by atoms with E-state index < -0.39 is 6.10 Å². The predicted molar refractivity (Wildman–Crippen MR) is 85.4 cm³/mol. The first-order valence-electron chi connectivity index (χ1n) is 7.74. The quantitative estimate of drug-likeness (QED) is 0.817. The zero-order chi connectivity index (χ0) is 14.6. The van der Waals surface area contributed by atoms with Crippen molar-refractivity contribution in [1.29, 1.82) is 0 Å². The number of hydrogen-bond acceptors (Lipinski definition) is 3. The highest BCUT2D eigenvalue weighted by Crippen LogP contribution is 2.44. The third-order valence-corrected chi connectivity index (χ3v) is 5.87. The molecule has 1 amide bonds. The Labute approximate surface area is 132 Å². The highest BCUT2D eigenvalue weighted by molar-refractivity contribution is 9.10. The maximum Gasteiger partial charge on any atom is 0.257 e. The van der Waals surface area contributed by atoms with Gasteiger partial charge in [-0.2, -0.15) is 0 Å². The zero-order valence-corrected chi connectivity index (χ0v) is 13.4. The van der Waals surface area contributed by atoms with Gasteiger partial charge in [-0.15, -0.1) is 0 Å². The maximum absolute atomic E-state index is 11.6. The van der Waals surface area contributed by atoms with E-state index >= 15 is 0 Å². The first-order valence-corrected chi connectivity index (χ1v) is 8.53. The average Bonchev–Trinajstić information content (AvgIpc) is 3.02. The monoisotopic (exact) mass is 350 g/mol. The highest BCUT2D eigenvalue weighted by atomic mass is 79.9. The minimum absolute atomic E-state index is 0.328. The fraction of sp³-hybridized carbons (Fsp3) is 0.562. The normalized spacial score (nSPS) is 31.0. The maximum atomic E-state index is 11.6. The van der Waals surface area contributed by atoms with E-state index in [9.17, 15) is 9.90 Å². The van der Waals surface area contributed by atoms with Crippen LogP contribution in [0.1, 0.15) is 43.8 Å². The van der Waals surface area contributed by atoms with Gasteiger partial charge in [0.25, 0.3) is 5.91 Å². The molecule has 0 radical (unpaired) electrons. The Morgan fingerprint density at radius 3 is 2.90 bits per heavy atom. The first kappa shape index (κ1) is 13.6. The molecule has 1 aromatic rings. The molecule has 3 unspecified atom stereocenters. The lowest BCUT2D eigenvalue weighted by atomic mass is 9.85. The van der Waals surface area contributed by atoms with Crippen LogP contribution in [0.15, 0.2) is 16.6 Å². The Morgan fingerprint density at radius 2 is 2.05 bits per heavy atom. The van der Waals surface area contributed by atoms with Crippen LogP contribution in [0.3, 0.4) is 0 Å². The smallest absolute Gasteiger partial charge is 0.257 e. The van der Waals surface area contributed by atoms with E-state index in [-0.39, 0.29) is 5.91 Å². The van der Waals surface area contributed by atoms with Crippen LogP contribution in [-0.4, -0.2) is 23.6 Å². The molecule has 0 bridgehead atoms. The number of halogens is 1. The summed E-state index contributed by atoms with van der Waals surface area (Å²) in [5.74, 6) is 0.491. The van der Waals surface area contributed by atoms with Gasteiger partial charge in [-0.1, -0.05) is 12.8 Å². The second kappa shape index (κ2) is 4.99. The number of aliphatic hydroxyl groups is 1. The van der Waals surface area contributed by atoms with Gasteiger partial charge < -0.3 is 15.3 Å². The van der Waals surface area contributed by atoms with Crippen LogP contribution >= 0.6 is 15.9 Å². The molecule has 1 aromatic carbocycles. The van der Waals surface area contributed by atoms with Gasteiger partial charge in [0.2, 0.25) is 0 Å². The molecule has 0 spiro atoms. The third kappa shape index (κ3) is 2.09. The van der Waals surface area contributed by atoms with Crippen molar-refractivity contribution in [1.82, 2.24) is 0 Å². The Hall–Kier alpha value is -1.07. The molecular weight excluding hydrogens is 332 g/mol. The molecular formula is C16H19BrN2O2. The number of hydrogen-bond donors (Lipinski definition) is 2. The van der Waals surface area contributed by atoms with Crippen molar-refractivity contribution in [2.45, 2.75) is 44.2 Å². The molecule has 2 aliphatic heterocycles. The number of benzene rings is 1. The number of carbonyl (C=O) groups is 1. The Kier molecular flexibility index (Phi) is 3.23. The van der Waals surface area contributed by atoms with Gasteiger partial charge in [0, 0.05) is 28.3 Å². The molecule has 2 heterocycles. The minimum atomic E-state index is -1.04. The molecule has 4 nitrogen and oxygen atoms in total. The summed E-state index contributed by atoms with van der Waals surface area (Å²) in [4.78, 5) is 14.1. The van der Waals surface area contributed by atoms with Crippen molar-refractivity contribution in [2.75, 3.05) is 16.8 Å². The van der Waals surface area contributed by atoms with E-state index in [0.717, 1.165) is 28.3 Å². The molecule has 4 rings (SSSR count). The van der Waals surface area contributed by atoms with Gasteiger partial charge in [-0.25, -0.2) is 0 Å². The number of nitrogens with one attached hydrogen (secondary N) is 1. The number of nitrogens with zero attached hydrogens (tertiary/aromatic N) is 1. The fourth-order valence-electron chi connectivity index (χ4n) is 4.18. The highest BCUT2D eigenvalue weighted by Gasteiger charge is 2.37. The van der Waals surface area contributed by atoms with E-state index in [0.29, 0.717) is 11.6 Å². The van der Waals surface area contributed by atoms with E-state index in [4.69, 9.17) is 0 Å². The Balaban J connectivity index is 1.70. The topological polar surface area (TPSA) is 52.6 Å². The first-order chi connectivity index (χ1) is 10.1. The van der Waals surface area contributed by atoms with Crippen molar-refractivity contribution < 1.29 is 9.90 Å². The van der Waals surface area contributed by atoms with Crippen LogP contribution < -0.4 is 10.2 Å². The second-order valence-corrected chi connectivity index (χ2v) is 7.23. The molecule has 3 aliphatic rings. The third-order valence-electron chi connectivity index (χ3n) is 5.24. The molecule has 3 atom stereocenters.